The highest BCUT2D eigenvalue weighted by Crippen LogP contribution is 2.33. The first-order valence-electron chi connectivity index (χ1n) is 11.1. The molecule has 1 aromatic heterocycles. The van der Waals surface area contributed by atoms with Crippen molar-refractivity contribution in [1.82, 2.24) is 14.8 Å². The summed E-state index contributed by atoms with van der Waals surface area (Å²) in [6.45, 7) is 2.48. The summed E-state index contributed by atoms with van der Waals surface area (Å²) in [7, 11) is 0. The summed E-state index contributed by atoms with van der Waals surface area (Å²) in [5.74, 6) is 0.729. The van der Waals surface area contributed by atoms with Crippen LogP contribution in [0.4, 0.5) is 15.8 Å². The van der Waals surface area contributed by atoms with Gasteiger partial charge in [-0.25, -0.2) is 4.39 Å². The molecule has 8 heteroatoms. The van der Waals surface area contributed by atoms with Crippen molar-refractivity contribution in [3.63, 3.8) is 0 Å². The minimum atomic E-state index is -0.281. The van der Waals surface area contributed by atoms with Crippen molar-refractivity contribution >= 4 is 29.0 Å². The van der Waals surface area contributed by atoms with Crippen LogP contribution in [0.1, 0.15) is 18.3 Å². The van der Waals surface area contributed by atoms with Crippen molar-refractivity contribution in [3.8, 4) is 5.69 Å². The molecule has 0 aliphatic carbocycles. The number of halogens is 1. The maximum Gasteiger partial charge on any atom is 0.237 e. The first-order chi connectivity index (χ1) is 16.6. The zero-order chi connectivity index (χ0) is 23.5. The van der Waals surface area contributed by atoms with Gasteiger partial charge in [0.15, 0.2) is 11.0 Å². The molecule has 1 aliphatic rings. The largest absolute Gasteiger partial charge is 0.378 e. The zero-order valence-corrected chi connectivity index (χ0v) is 19.5. The average molecular weight is 474 g/mol. The molecule has 0 spiro atoms. The molecule has 3 aromatic carbocycles. The van der Waals surface area contributed by atoms with Crippen molar-refractivity contribution in [1.29, 1.82) is 0 Å². The van der Waals surface area contributed by atoms with Crippen LogP contribution in [0.15, 0.2) is 84.0 Å². The van der Waals surface area contributed by atoms with Crippen molar-refractivity contribution in [2.24, 2.45) is 0 Å². The van der Waals surface area contributed by atoms with E-state index in [0.29, 0.717) is 17.5 Å². The third-order valence-electron chi connectivity index (χ3n) is 5.81. The minimum absolute atomic E-state index is 0.0519. The first kappa shape index (κ1) is 22.2. The second kappa shape index (κ2) is 9.69. The Balaban J connectivity index is 1.35. The van der Waals surface area contributed by atoms with Crippen LogP contribution in [-0.2, 0) is 17.8 Å². The maximum atomic E-state index is 13.2. The molecule has 1 N–H and O–H groups in total. The van der Waals surface area contributed by atoms with Gasteiger partial charge in [0.2, 0.25) is 5.91 Å². The summed E-state index contributed by atoms with van der Waals surface area (Å²) >= 11 is 1.38. The third kappa shape index (κ3) is 4.54. The van der Waals surface area contributed by atoms with Gasteiger partial charge < -0.3 is 10.2 Å². The third-order valence-corrected chi connectivity index (χ3v) is 6.72. The predicted octanol–water partition coefficient (Wildman–Crippen LogP) is 5.09. The van der Waals surface area contributed by atoms with Gasteiger partial charge in [0.1, 0.15) is 5.82 Å². The fourth-order valence-corrected chi connectivity index (χ4v) is 5.07. The van der Waals surface area contributed by atoms with Crippen molar-refractivity contribution in [2.75, 3.05) is 16.0 Å². The number of nitrogens with one attached hydrogen (secondary N) is 1. The Morgan fingerprint density at radius 2 is 1.76 bits per heavy atom. The molecule has 2 heterocycles. The molecular formula is C26H24FN5OS. The van der Waals surface area contributed by atoms with Gasteiger partial charge in [-0.15, -0.1) is 10.2 Å². The number of nitrogens with zero attached hydrogens (tertiary/aromatic N) is 4. The zero-order valence-electron chi connectivity index (χ0n) is 18.7. The van der Waals surface area contributed by atoms with Crippen molar-refractivity contribution in [2.45, 2.75) is 31.1 Å². The second-order valence-electron chi connectivity index (χ2n) is 8.16. The summed E-state index contributed by atoms with van der Waals surface area (Å²) in [5.41, 5.74) is 3.90. The maximum absolute atomic E-state index is 13.2. The lowest BCUT2D eigenvalue weighted by Crippen LogP contribution is -2.37. The van der Waals surface area contributed by atoms with Crippen LogP contribution in [0.2, 0.25) is 0 Å². The molecule has 1 amide bonds. The van der Waals surface area contributed by atoms with Crippen LogP contribution in [-0.4, -0.2) is 32.5 Å². The number of amides is 1. The van der Waals surface area contributed by atoms with Crippen LogP contribution in [0.5, 0.6) is 0 Å². The Bertz CT molecular complexity index is 1290. The highest BCUT2D eigenvalue weighted by Gasteiger charge is 2.30. The number of thioether (sulfide) groups is 1. The second-order valence-corrected chi connectivity index (χ2v) is 9.11. The monoisotopic (exact) mass is 473 g/mol. The van der Waals surface area contributed by atoms with E-state index in [2.05, 4.69) is 28.5 Å². The molecule has 0 saturated carbocycles. The molecule has 6 nitrogen and oxygen atoms in total. The molecule has 172 valence electrons. The number of para-hydroxylation sites is 2. The van der Waals surface area contributed by atoms with Gasteiger partial charge in [-0.3, -0.25) is 9.36 Å². The Morgan fingerprint density at radius 1 is 1.03 bits per heavy atom. The summed E-state index contributed by atoms with van der Waals surface area (Å²) in [6.07, 6.45) is 0.867. The highest BCUT2D eigenvalue weighted by atomic mass is 32.2. The number of hydrogen-bond acceptors (Lipinski definition) is 5. The number of rotatable bonds is 7. The first-order valence-corrected chi connectivity index (χ1v) is 12.1. The van der Waals surface area contributed by atoms with Gasteiger partial charge >= 0.3 is 0 Å². The molecule has 34 heavy (non-hydrogen) atoms. The van der Waals surface area contributed by atoms with E-state index in [-0.39, 0.29) is 23.5 Å². The van der Waals surface area contributed by atoms with Crippen LogP contribution >= 0.6 is 11.8 Å². The van der Waals surface area contributed by atoms with E-state index in [0.717, 1.165) is 23.5 Å². The van der Waals surface area contributed by atoms with Crippen molar-refractivity contribution < 1.29 is 9.18 Å². The quantitative estimate of drug-likeness (QED) is 0.379. The van der Waals surface area contributed by atoms with E-state index in [4.69, 9.17) is 0 Å². The van der Waals surface area contributed by atoms with E-state index in [1.165, 1.54) is 29.5 Å². The fourth-order valence-electron chi connectivity index (χ4n) is 4.23. The molecule has 0 fully saturated rings. The number of anilines is 2. The van der Waals surface area contributed by atoms with E-state index >= 15 is 0 Å². The Hall–Kier alpha value is -3.65. The van der Waals surface area contributed by atoms with Crippen LogP contribution < -0.4 is 10.2 Å². The summed E-state index contributed by atoms with van der Waals surface area (Å²) < 4.78 is 15.2. The Morgan fingerprint density at radius 3 is 2.56 bits per heavy atom. The van der Waals surface area contributed by atoms with Crippen LogP contribution in [0.3, 0.4) is 0 Å². The highest BCUT2D eigenvalue weighted by molar-refractivity contribution is 7.99. The number of benzene rings is 3. The predicted molar refractivity (Wildman–Crippen MR) is 133 cm³/mol. The lowest BCUT2D eigenvalue weighted by atomic mass is 10.1. The van der Waals surface area contributed by atoms with Gasteiger partial charge in [-0.1, -0.05) is 48.2 Å². The van der Waals surface area contributed by atoms with E-state index in [1.54, 1.807) is 12.1 Å². The van der Waals surface area contributed by atoms with Crippen LogP contribution in [0.25, 0.3) is 5.69 Å². The summed E-state index contributed by atoms with van der Waals surface area (Å²) in [6, 6.07) is 24.2. The average Bonchev–Trinajstić information content (AvgIpc) is 3.42. The van der Waals surface area contributed by atoms with E-state index in [9.17, 15) is 9.18 Å². The number of aromatic nitrogens is 3. The van der Waals surface area contributed by atoms with Crippen LogP contribution in [0, 0.1) is 5.82 Å². The van der Waals surface area contributed by atoms with E-state index < -0.39 is 0 Å². The Labute approximate surface area is 201 Å². The number of carbonyl (C=O) groups excluding carboxylic acids is 1. The lowest BCUT2D eigenvalue weighted by Gasteiger charge is -2.22. The Kier molecular flexibility index (Phi) is 6.31. The normalized spacial score (nSPS) is 14.8. The van der Waals surface area contributed by atoms with Gasteiger partial charge in [0, 0.05) is 23.1 Å². The lowest BCUT2D eigenvalue weighted by molar-refractivity contribution is -0.116. The van der Waals surface area contributed by atoms with Gasteiger partial charge in [-0.2, -0.15) is 0 Å². The van der Waals surface area contributed by atoms with Crippen molar-refractivity contribution in [3.05, 3.63) is 96.1 Å². The standard InChI is InChI=1S/C26H24FN5OS/c1-18-15-19-7-5-6-10-23(19)31(18)25(33)17-34-26-30-29-24(32(26)22-8-3-2-4-9-22)16-28-21-13-11-20(27)12-14-21/h2-14,18,28H,15-17H2,1H3. The smallest absolute Gasteiger partial charge is 0.237 e. The van der Waals surface area contributed by atoms with Gasteiger partial charge in [0.25, 0.3) is 0 Å². The fraction of sp³-hybridized carbons (Fsp3) is 0.192. The van der Waals surface area contributed by atoms with Gasteiger partial charge in [0.05, 0.1) is 12.3 Å². The molecule has 5 rings (SSSR count). The molecule has 1 aliphatic heterocycles. The minimum Gasteiger partial charge on any atom is -0.378 e. The molecule has 0 saturated heterocycles. The molecule has 0 radical (unpaired) electrons. The van der Waals surface area contributed by atoms with Gasteiger partial charge in [-0.05, 0) is 61.4 Å². The molecule has 1 atom stereocenters. The number of fused-ring (bicyclic) bond motifs is 1. The summed E-state index contributed by atoms with van der Waals surface area (Å²) in [4.78, 5) is 15.1. The number of hydrogen-bond donors (Lipinski definition) is 1. The summed E-state index contributed by atoms with van der Waals surface area (Å²) in [5, 5.41) is 12.7. The molecule has 4 aromatic rings. The van der Waals surface area contributed by atoms with E-state index in [1.807, 2.05) is 58.0 Å². The topological polar surface area (TPSA) is 63.1 Å². The SMILES string of the molecule is CC1Cc2ccccc2N1C(=O)CSc1nnc(CNc2ccc(F)cc2)n1-c1ccccc1. The molecule has 1 unspecified atom stereocenters. The number of carbonyl (C=O) groups is 1. The molecule has 0 bridgehead atoms. The molecular weight excluding hydrogens is 449 g/mol.